The molecule has 0 atom stereocenters. The molecule has 0 aromatic heterocycles. The number of para-hydroxylation sites is 1. The van der Waals surface area contributed by atoms with Crippen molar-refractivity contribution in [1.82, 2.24) is 4.90 Å². The van der Waals surface area contributed by atoms with E-state index < -0.39 is 0 Å². The van der Waals surface area contributed by atoms with Crippen LogP contribution in [0.1, 0.15) is 16.7 Å². The van der Waals surface area contributed by atoms with Crippen LogP contribution < -0.4 is 4.74 Å². The summed E-state index contributed by atoms with van der Waals surface area (Å²) < 4.78 is 6.09. The Morgan fingerprint density at radius 2 is 1.44 bits per heavy atom. The van der Waals surface area contributed by atoms with E-state index in [1.54, 1.807) is 4.90 Å². The molecule has 1 fully saturated rings. The summed E-state index contributed by atoms with van der Waals surface area (Å²) in [6.45, 7) is 0.959. The van der Waals surface area contributed by atoms with Gasteiger partial charge in [0.1, 0.15) is 12.4 Å². The summed E-state index contributed by atoms with van der Waals surface area (Å²) >= 11 is 1.40. The standard InChI is InChI=1S/C34H26N2O2S/c37-33-32(39-34(35-29-15-5-2-6-16-29)36(33)23-26-10-3-1-4-11-26)22-25-18-20-30(21-19-25)38-24-28-14-9-13-27-12-7-8-17-31(27)28/h1-22H,23-24H2/b32-22+,35-34?. The van der Waals surface area contributed by atoms with Gasteiger partial charge in [-0.05, 0) is 69.6 Å². The highest BCUT2D eigenvalue weighted by Gasteiger charge is 2.33. The Bertz CT molecular complexity index is 1660. The SMILES string of the molecule is O=C1/C(=C\c2ccc(OCc3cccc4ccccc34)cc2)SC(=Nc2ccccc2)N1Cc1ccccc1. The van der Waals surface area contributed by atoms with Crippen molar-refractivity contribution >= 4 is 45.4 Å². The van der Waals surface area contributed by atoms with Crippen LogP contribution in [-0.4, -0.2) is 16.0 Å². The number of nitrogens with zero attached hydrogens (tertiary/aromatic N) is 2. The predicted octanol–water partition coefficient (Wildman–Crippen LogP) is 8.22. The molecule has 39 heavy (non-hydrogen) atoms. The van der Waals surface area contributed by atoms with Crippen LogP contribution in [0.5, 0.6) is 5.75 Å². The minimum atomic E-state index is -0.0465. The molecule has 5 aromatic carbocycles. The lowest BCUT2D eigenvalue weighted by Crippen LogP contribution is -2.28. The molecule has 190 valence electrons. The Morgan fingerprint density at radius 1 is 0.744 bits per heavy atom. The molecule has 5 heteroatoms. The number of rotatable bonds is 7. The molecule has 0 aliphatic carbocycles. The average molecular weight is 527 g/mol. The second-order valence-corrected chi connectivity index (χ2v) is 10.2. The van der Waals surface area contributed by atoms with Gasteiger partial charge in [-0.15, -0.1) is 0 Å². The Balaban J connectivity index is 1.20. The first-order valence-electron chi connectivity index (χ1n) is 12.8. The van der Waals surface area contributed by atoms with E-state index in [9.17, 15) is 4.79 Å². The van der Waals surface area contributed by atoms with Gasteiger partial charge in [-0.2, -0.15) is 0 Å². The van der Waals surface area contributed by atoms with Crippen molar-refractivity contribution in [1.29, 1.82) is 0 Å². The number of amides is 1. The molecule has 0 N–H and O–H groups in total. The third-order valence-electron chi connectivity index (χ3n) is 6.50. The van der Waals surface area contributed by atoms with Crippen LogP contribution >= 0.6 is 11.8 Å². The summed E-state index contributed by atoms with van der Waals surface area (Å²) in [5, 5.41) is 3.08. The molecule has 1 amide bonds. The van der Waals surface area contributed by atoms with Crippen molar-refractivity contribution in [2.75, 3.05) is 0 Å². The Morgan fingerprint density at radius 3 is 2.23 bits per heavy atom. The summed E-state index contributed by atoms with van der Waals surface area (Å²) in [4.78, 5) is 20.7. The molecule has 4 nitrogen and oxygen atoms in total. The lowest BCUT2D eigenvalue weighted by molar-refractivity contribution is -0.122. The van der Waals surface area contributed by atoms with Crippen molar-refractivity contribution in [3.8, 4) is 5.75 Å². The maximum absolute atomic E-state index is 13.5. The summed E-state index contributed by atoms with van der Waals surface area (Å²) in [7, 11) is 0. The van der Waals surface area contributed by atoms with Crippen LogP contribution in [0.25, 0.3) is 16.8 Å². The monoisotopic (exact) mass is 526 g/mol. The van der Waals surface area contributed by atoms with Crippen LogP contribution in [-0.2, 0) is 17.9 Å². The van der Waals surface area contributed by atoms with E-state index in [2.05, 4.69) is 30.3 Å². The largest absolute Gasteiger partial charge is 0.489 e. The Labute approximate surface area is 232 Å². The van der Waals surface area contributed by atoms with E-state index >= 15 is 0 Å². The second kappa shape index (κ2) is 11.4. The van der Waals surface area contributed by atoms with Crippen LogP contribution in [0.2, 0.25) is 0 Å². The second-order valence-electron chi connectivity index (χ2n) is 9.21. The predicted molar refractivity (Wildman–Crippen MR) is 161 cm³/mol. The zero-order chi connectivity index (χ0) is 26.4. The number of hydrogen-bond acceptors (Lipinski definition) is 4. The van der Waals surface area contributed by atoms with Gasteiger partial charge in [0.05, 0.1) is 17.1 Å². The minimum Gasteiger partial charge on any atom is -0.489 e. The van der Waals surface area contributed by atoms with Crippen molar-refractivity contribution in [3.05, 3.63) is 149 Å². The maximum atomic E-state index is 13.5. The number of fused-ring (bicyclic) bond motifs is 1. The van der Waals surface area contributed by atoms with Crippen molar-refractivity contribution < 1.29 is 9.53 Å². The van der Waals surface area contributed by atoms with Gasteiger partial charge in [0.2, 0.25) is 0 Å². The molecular weight excluding hydrogens is 500 g/mol. The highest BCUT2D eigenvalue weighted by molar-refractivity contribution is 8.18. The molecule has 0 radical (unpaired) electrons. The van der Waals surface area contributed by atoms with E-state index in [1.165, 1.54) is 22.5 Å². The molecule has 1 aliphatic rings. The number of benzene rings is 5. The lowest BCUT2D eigenvalue weighted by Gasteiger charge is -2.15. The number of aliphatic imine (C=N–C) groups is 1. The normalized spacial score (nSPS) is 15.4. The molecular formula is C34H26N2O2S. The fourth-order valence-electron chi connectivity index (χ4n) is 4.50. The van der Waals surface area contributed by atoms with Crippen LogP contribution in [0.4, 0.5) is 5.69 Å². The van der Waals surface area contributed by atoms with E-state index in [-0.39, 0.29) is 5.91 Å². The summed E-state index contributed by atoms with van der Waals surface area (Å²) in [6.07, 6.45) is 1.92. The minimum absolute atomic E-state index is 0.0465. The summed E-state index contributed by atoms with van der Waals surface area (Å²) in [5.41, 5.74) is 3.96. The Kier molecular flexibility index (Phi) is 7.23. The van der Waals surface area contributed by atoms with Gasteiger partial charge in [-0.25, -0.2) is 4.99 Å². The number of carbonyl (C=O) groups is 1. The average Bonchev–Trinajstić information content (AvgIpc) is 3.26. The smallest absolute Gasteiger partial charge is 0.267 e. The Hall–Kier alpha value is -4.61. The summed E-state index contributed by atoms with van der Waals surface area (Å²) in [6, 6.07) is 42.2. The first-order chi connectivity index (χ1) is 19.2. The third kappa shape index (κ3) is 5.79. The van der Waals surface area contributed by atoms with Crippen molar-refractivity contribution in [2.45, 2.75) is 13.2 Å². The van der Waals surface area contributed by atoms with Gasteiger partial charge in [0, 0.05) is 0 Å². The molecule has 0 spiro atoms. The zero-order valence-electron chi connectivity index (χ0n) is 21.2. The first kappa shape index (κ1) is 24.7. The highest BCUT2D eigenvalue weighted by Crippen LogP contribution is 2.35. The fraction of sp³-hybridized carbons (Fsp3) is 0.0588. The van der Waals surface area contributed by atoms with E-state index in [0.717, 1.165) is 28.1 Å². The van der Waals surface area contributed by atoms with Crippen molar-refractivity contribution in [3.63, 3.8) is 0 Å². The quantitative estimate of drug-likeness (QED) is 0.201. The summed E-state index contributed by atoms with van der Waals surface area (Å²) in [5.74, 6) is 0.738. The van der Waals surface area contributed by atoms with Crippen LogP contribution in [0.3, 0.4) is 0 Å². The van der Waals surface area contributed by atoms with E-state index in [4.69, 9.17) is 9.73 Å². The third-order valence-corrected chi connectivity index (χ3v) is 7.51. The van der Waals surface area contributed by atoms with Crippen molar-refractivity contribution in [2.24, 2.45) is 4.99 Å². The number of hydrogen-bond donors (Lipinski definition) is 0. The highest BCUT2D eigenvalue weighted by atomic mass is 32.2. The zero-order valence-corrected chi connectivity index (χ0v) is 22.1. The molecule has 6 rings (SSSR count). The van der Waals surface area contributed by atoms with Crippen LogP contribution in [0.15, 0.2) is 137 Å². The lowest BCUT2D eigenvalue weighted by atomic mass is 10.1. The molecule has 0 bridgehead atoms. The number of amidine groups is 1. The van der Waals surface area contributed by atoms with E-state index in [1.807, 2.05) is 103 Å². The van der Waals surface area contributed by atoms with Gasteiger partial charge >= 0.3 is 0 Å². The topological polar surface area (TPSA) is 41.9 Å². The molecule has 5 aromatic rings. The van der Waals surface area contributed by atoms with Gasteiger partial charge in [-0.1, -0.05) is 103 Å². The van der Waals surface area contributed by atoms with E-state index in [0.29, 0.717) is 23.2 Å². The number of thioether (sulfide) groups is 1. The van der Waals surface area contributed by atoms with Gasteiger partial charge in [-0.3, -0.25) is 9.69 Å². The number of ether oxygens (including phenoxy) is 1. The maximum Gasteiger partial charge on any atom is 0.267 e. The fourth-order valence-corrected chi connectivity index (χ4v) is 5.50. The van der Waals surface area contributed by atoms with Crippen LogP contribution in [0, 0.1) is 0 Å². The molecule has 1 heterocycles. The molecule has 1 aliphatic heterocycles. The number of carbonyl (C=O) groups excluding carboxylic acids is 1. The van der Waals surface area contributed by atoms with Gasteiger partial charge in [0.15, 0.2) is 5.17 Å². The first-order valence-corrected chi connectivity index (χ1v) is 13.6. The molecule has 1 saturated heterocycles. The van der Waals surface area contributed by atoms with Gasteiger partial charge < -0.3 is 4.74 Å². The molecule has 0 unspecified atom stereocenters. The van der Waals surface area contributed by atoms with Gasteiger partial charge in [0.25, 0.3) is 5.91 Å². The molecule has 0 saturated carbocycles.